The Bertz CT molecular complexity index is 481. The van der Waals surface area contributed by atoms with Crippen LogP contribution in [0.15, 0.2) is 22.7 Å². The van der Waals surface area contributed by atoms with Gasteiger partial charge in [-0.2, -0.15) is 0 Å². The molecule has 0 amide bonds. The number of likely N-dealkylation sites (tertiary alicyclic amines) is 1. The van der Waals surface area contributed by atoms with Gasteiger partial charge in [0.15, 0.2) is 0 Å². The molecule has 0 aromatic heterocycles. The largest absolute Gasteiger partial charge is 0.481 e. The van der Waals surface area contributed by atoms with Crippen molar-refractivity contribution in [3.8, 4) is 0 Å². The number of carboxylic acids is 1. The summed E-state index contributed by atoms with van der Waals surface area (Å²) in [7, 11) is 0. The fraction of sp³-hybridized carbons (Fsp3) is 0.500. The van der Waals surface area contributed by atoms with Crippen molar-refractivity contribution >= 4 is 33.5 Å². The Labute approximate surface area is 126 Å². The molecule has 3 nitrogen and oxygen atoms in total. The molecule has 0 bridgehead atoms. The standard InChI is InChI=1S/C14H17BrClNO2/c1-9-2-3-10(14(18)19)7-17(9)8-11-6-12(15)4-5-13(11)16/h4-6,9-10H,2-3,7-8H2,1H3,(H,18,19). The predicted octanol–water partition coefficient (Wildman–Crippen LogP) is 3.79. The molecule has 2 rings (SSSR count). The summed E-state index contributed by atoms with van der Waals surface area (Å²) in [4.78, 5) is 13.3. The highest BCUT2D eigenvalue weighted by Gasteiger charge is 2.29. The molecule has 0 aliphatic carbocycles. The van der Waals surface area contributed by atoms with Crippen molar-refractivity contribution in [2.24, 2.45) is 5.92 Å². The number of aliphatic carboxylic acids is 1. The number of carbonyl (C=O) groups is 1. The SMILES string of the molecule is CC1CCC(C(=O)O)CN1Cc1cc(Br)ccc1Cl. The third-order valence-corrected chi connectivity index (χ3v) is 4.60. The quantitative estimate of drug-likeness (QED) is 0.905. The highest BCUT2D eigenvalue weighted by Crippen LogP contribution is 2.27. The van der Waals surface area contributed by atoms with Gasteiger partial charge in [-0.15, -0.1) is 0 Å². The highest BCUT2D eigenvalue weighted by atomic mass is 79.9. The summed E-state index contributed by atoms with van der Waals surface area (Å²) in [6.07, 6.45) is 1.68. The minimum absolute atomic E-state index is 0.262. The van der Waals surface area contributed by atoms with Gasteiger partial charge >= 0.3 is 5.97 Å². The Morgan fingerprint density at radius 3 is 2.95 bits per heavy atom. The van der Waals surface area contributed by atoms with Gasteiger partial charge in [0.25, 0.3) is 0 Å². The molecule has 0 saturated carbocycles. The van der Waals surface area contributed by atoms with E-state index in [-0.39, 0.29) is 5.92 Å². The molecule has 1 aromatic rings. The van der Waals surface area contributed by atoms with Crippen molar-refractivity contribution in [1.82, 2.24) is 4.90 Å². The van der Waals surface area contributed by atoms with Gasteiger partial charge in [0.1, 0.15) is 0 Å². The van der Waals surface area contributed by atoms with E-state index in [0.29, 0.717) is 19.1 Å². The van der Waals surface area contributed by atoms with Crippen LogP contribution in [0.1, 0.15) is 25.3 Å². The van der Waals surface area contributed by atoms with Gasteiger partial charge in [-0.05, 0) is 43.5 Å². The first kappa shape index (κ1) is 14.8. The van der Waals surface area contributed by atoms with E-state index >= 15 is 0 Å². The van der Waals surface area contributed by atoms with Crippen molar-refractivity contribution in [3.05, 3.63) is 33.3 Å². The number of hydrogen-bond acceptors (Lipinski definition) is 2. The lowest BCUT2D eigenvalue weighted by Crippen LogP contribution is -2.43. The van der Waals surface area contributed by atoms with E-state index < -0.39 is 5.97 Å². The summed E-state index contributed by atoms with van der Waals surface area (Å²) in [5.74, 6) is -0.959. The number of benzene rings is 1. The van der Waals surface area contributed by atoms with E-state index in [1.807, 2.05) is 18.2 Å². The number of rotatable bonds is 3. The van der Waals surface area contributed by atoms with Crippen LogP contribution in [0, 0.1) is 5.92 Å². The van der Waals surface area contributed by atoms with Crippen LogP contribution in [0.2, 0.25) is 5.02 Å². The first-order chi connectivity index (χ1) is 8.97. The van der Waals surface area contributed by atoms with Crippen LogP contribution in [-0.2, 0) is 11.3 Å². The molecule has 1 aliphatic heterocycles. The van der Waals surface area contributed by atoms with Gasteiger partial charge in [0.2, 0.25) is 0 Å². The molecule has 2 unspecified atom stereocenters. The van der Waals surface area contributed by atoms with Gasteiger partial charge in [-0.3, -0.25) is 9.69 Å². The fourth-order valence-electron chi connectivity index (χ4n) is 2.48. The zero-order valence-electron chi connectivity index (χ0n) is 10.8. The molecule has 1 aliphatic rings. The van der Waals surface area contributed by atoms with Gasteiger partial charge in [-0.1, -0.05) is 27.5 Å². The molecule has 1 fully saturated rings. The average molecular weight is 347 g/mol. The maximum Gasteiger partial charge on any atom is 0.307 e. The zero-order valence-corrected chi connectivity index (χ0v) is 13.1. The number of hydrogen-bond donors (Lipinski definition) is 1. The lowest BCUT2D eigenvalue weighted by molar-refractivity contribution is -0.144. The summed E-state index contributed by atoms with van der Waals surface area (Å²) >= 11 is 9.64. The van der Waals surface area contributed by atoms with E-state index in [1.54, 1.807) is 0 Å². The second kappa shape index (κ2) is 6.25. The third kappa shape index (κ3) is 3.71. The van der Waals surface area contributed by atoms with Crippen molar-refractivity contribution in [1.29, 1.82) is 0 Å². The van der Waals surface area contributed by atoms with Gasteiger partial charge in [0, 0.05) is 28.6 Å². The van der Waals surface area contributed by atoms with Crippen LogP contribution < -0.4 is 0 Å². The Balaban J connectivity index is 2.12. The van der Waals surface area contributed by atoms with Gasteiger partial charge in [-0.25, -0.2) is 0 Å². The molecule has 104 valence electrons. The van der Waals surface area contributed by atoms with Crippen LogP contribution in [0.5, 0.6) is 0 Å². The van der Waals surface area contributed by atoms with Crippen LogP contribution in [-0.4, -0.2) is 28.6 Å². The maximum atomic E-state index is 11.1. The molecule has 0 spiro atoms. The topological polar surface area (TPSA) is 40.5 Å². The molecule has 1 N–H and O–H groups in total. The van der Waals surface area contributed by atoms with E-state index in [2.05, 4.69) is 27.8 Å². The monoisotopic (exact) mass is 345 g/mol. The molecule has 2 atom stereocenters. The Kier molecular flexibility index (Phi) is 4.87. The summed E-state index contributed by atoms with van der Waals surface area (Å²) in [5.41, 5.74) is 1.04. The van der Waals surface area contributed by atoms with Crippen LogP contribution >= 0.6 is 27.5 Å². The lowest BCUT2D eigenvalue weighted by atomic mass is 9.93. The maximum absolute atomic E-state index is 11.1. The normalized spacial score (nSPS) is 24.4. The molecule has 19 heavy (non-hydrogen) atoms. The number of nitrogens with zero attached hydrogens (tertiary/aromatic N) is 1. The first-order valence-corrected chi connectivity index (χ1v) is 7.55. The van der Waals surface area contributed by atoms with Gasteiger partial charge < -0.3 is 5.11 Å². The van der Waals surface area contributed by atoms with Gasteiger partial charge in [0.05, 0.1) is 5.92 Å². The summed E-state index contributed by atoms with van der Waals surface area (Å²) < 4.78 is 0.992. The van der Waals surface area contributed by atoms with Crippen LogP contribution in [0.25, 0.3) is 0 Å². The molecular weight excluding hydrogens is 330 g/mol. The second-order valence-corrected chi connectivity index (χ2v) is 6.45. The molecule has 0 radical (unpaired) electrons. The van der Waals surface area contributed by atoms with Crippen molar-refractivity contribution in [2.75, 3.05) is 6.54 Å². The van der Waals surface area contributed by atoms with Crippen molar-refractivity contribution in [3.63, 3.8) is 0 Å². The van der Waals surface area contributed by atoms with E-state index in [4.69, 9.17) is 16.7 Å². The number of halogens is 2. The Morgan fingerprint density at radius 2 is 2.26 bits per heavy atom. The van der Waals surface area contributed by atoms with Crippen LogP contribution in [0.4, 0.5) is 0 Å². The minimum atomic E-state index is -0.697. The minimum Gasteiger partial charge on any atom is -0.481 e. The number of carboxylic acid groups (broad SMARTS) is 1. The van der Waals surface area contributed by atoms with Crippen LogP contribution in [0.3, 0.4) is 0 Å². The summed E-state index contributed by atoms with van der Waals surface area (Å²) in [6, 6.07) is 6.17. The van der Waals surface area contributed by atoms with E-state index in [1.165, 1.54) is 0 Å². The zero-order chi connectivity index (χ0) is 14.0. The highest BCUT2D eigenvalue weighted by molar-refractivity contribution is 9.10. The Hall–Kier alpha value is -0.580. The molecule has 1 saturated heterocycles. The van der Waals surface area contributed by atoms with E-state index in [9.17, 15) is 4.79 Å². The molecule has 1 heterocycles. The third-order valence-electron chi connectivity index (χ3n) is 3.74. The fourth-order valence-corrected chi connectivity index (χ4v) is 3.07. The number of piperidine rings is 1. The molecule has 1 aromatic carbocycles. The van der Waals surface area contributed by atoms with E-state index in [0.717, 1.165) is 27.9 Å². The Morgan fingerprint density at radius 1 is 1.53 bits per heavy atom. The molecular formula is C14H17BrClNO2. The van der Waals surface area contributed by atoms with Crippen molar-refractivity contribution < 1.29 is 9.90 Å². The predicted molar refractivity (Wildman–Crippen MR) is 79.4 cm³/mol. The smallest absolute Gasteiger partial charge is 0.307 e. The summed E-state index contributed by atoms with van der Waals surface area (Å²) in [5, 5.41) is 9.88. The average Bonchev–Trinajstić information content (AvgIpc) is 2.36. The first-order valence-electron chi connectivity index (χ1n) is 6.38. The lowest BCUT2D eigenvalue weighted by Gasteiger charge is -2.36. The molecule has 5 heteroatoms. The summed E-state index contributed by atoms with van der Waals surface area (Å²) in [6.45, 7) is 3.44. The second-order valence-electron chi connectivity index (χ2n) is 5.13. The van der Waals surface area contributed by atoms with Crippen molar-refractivity contribution in [2.45, 2.75) is 32.4 Å².